The zero-order valence-corrected chi connectivity index (χ0v) is 11.4. The summed E-state index contributed by atoms with van der Waals surface area (Å²) in [5, 5.41) is 4.15. The van der Waals surface area contributed by atoms with Gasteiger partial charge in [-0.1, -0.05) is 6.92 Å². The Morgan fingerprint density at radius 2 is 2.12 bits per heavy atom. The van der Waals surface area contributed by atoms with Crippen molar-refractivity contribution in [3.8, 4) is 0 Å². The normalized spacial score (nSPS) is 11.8. The first kappa shape index (κ1) is 13.4. The fraction of sp³-hybridized carbons (Fsp3) is 0.818. The van der Waals surface area contributed by atoms with Gasteiger partial charge in [-0.2, -0.15) is 4.37 Å². The summed E-state index contributed by atoms with van der Waals surface area (Å²) >= 11 is 1.42. The molecule has 0 unspecified atom stereocenters. The minimum Gasteiger partial charge on any atom is -0.374 e. The van der Waals surface area contributed by atoms with Gasteiger partial charge in [0.05, 0.1) is 5.60 Å². The van der Waals surface area contributed by atoms with Gasteiger partial charge in [0.2, 0.25) is 5.13 Å². The maximum atomic E-state index is 5.60. The van der Waals surface area contributed by atoms with Crippen molar-refractivity contribution in [1.82, 2.24) is 9.36 Å². The number of nitrogens with zero attached hydrogens (tertiary/aromatic N) is 2. The van der Waals surface area contributed by atoms with Gasteiger partial charge in [-0.25, -0.2) is 4.98 Å². The van der Waals surface area contributed by atoms with E-state index in [2.05, 4.69) is 35.4 Å². The lowest BCUT2D eigenvalue weighted by Gasteiger charge is -2.24. The zero-order valence-electron chi connectivity index (χ0n) is 10.5. The van der Waals surface area contributed by atoms with E-state index in [0.717, 1.165) is 36.9 Å². The minimum absolute atomic E-state index is 0.161. The lowest BCUT2D eigenvalue weighted by molar-refractivity contribution is 0.000694. The van der Waals surface area contributed by atoms with Crippen LogP contribution in [0.1, 0.15) is 39.9 Å². The summed E-state index contributed by atoms with van der Waals surface area (Å²) in [6.45, 7) is 9.75. The zero-order chi connectivity index (χ0) is 12.0. The third kappa shape index (κ3) is 4.45. The van der Waals surface area contributed by atoms with Crippen molar-refractivity contribution in [3.63, 3.8) is 0 Å². The molecule has 4 nitrogen and oxygen atoms in total. The smallest absolute Gasteiger partial charge is 0.202 e. The summed E-state index contributed by atoms with van der Waals surface area (Å²) in [4.78, 5) is 4.40. The Labute approximate surface area is 102 Å². The van der Waals surface area contributed by atoms with Crippen LogP contribution >= 0.6 is 11.5 Å². The minimum atomic E-state index is -0.161. The highest BCUT2D eigenvalue weighted by atomic mass is 32.1. The van der Waals surface area contributed by atoms with Gasteiger partial charge in [-0.3, -0.25) is 0 Å². The van der Waals surface area contributed by atoms with Crippen LogP contribution in [0.3, 0.4) is 0 Å². The van der Waals surface area contributed by atoms with Crippen molar-refractivity contribution in [3.05, 3.63) is 5.82 Å². The quantitative estimate of drug-likeness (QED) is 0.800. The lowest BCUT2D eigenvalue weighted by atomic mass is 10.1. The molecule has 0 aliphatic heterocycles. The van der Waals surface area contributed by atoms with Gasteiger partial charge in [0.1, 0.15) is 5.82 Å². The van der Waals surface area contributed by atoms with Crippen molar-refractivity contribution >= 4 is 16.7 Å². The van der Waals surface area contributed by atoms with Crippen molar-refractivity contribution < 1.29 is 4.74 Å². The lowest BCUT2D eigenvalue weighted by Crippen LogP contribution is -2.33. The van der Waals surface area contributed by atoms with E-state index in [0.29, 0.717) is 0 Å². The molecule has 5 heteroatoms. The Morgan fingerprint density at radius 1 is 1.38 bits per heavy atom. The first-order chi connectivity index (χ1) is 7.57. The maximum Gasteiger partial charge on any atom is 0.202 e. The highest BCUT2D eigenvalue weighted by molar-refractivity contribution is 7.09. The van der Waals surface area contributed by atoms with Gasteiger partial charge in [0.15, 0.2) is 0 Å². The van der Waals surface area contributed by atoms with E-state index in [9.17, 15) is 0 Å². The molecule has 0 amide bonds. The second kappa shape index (κ2) is 6.15. The SMILES string of the molecule is CCCc1nsc(NCC(C)(C)OCC)n1. The predicted molar refractivity (Wildman–Crippen MR) is 68.1 cm³/mol. The number of rotatable bonds is 7. The van der Waals surface area contributed by atoms with E-state index in [4.69, 9.17) is 4.74 Å². The highest BCUT2D eigenvalue weighted by Crippen LogP contribution is 2.15. The summed E-state index contributed by atoms with van der Waals surface area (Å²) in [7, 11) is 0. The molecule has 0 radical (unpaired) electrons. The van der Waals surface area contributed by atoms with Crippen LogP contribution in [0.15, 0.2) is 0 Å². The average molecular weight is 243 g/mol. The van der Waals surface area contributed by atoms with Gasteiger partial charge in [-0.15, -0.1) is 0 Å². The van der Waals surface area contributed by atoms with E-state index in [1.807, 2.05) is 6.92 Å². The molecular formula is C11H21N3OS. The van der Waals surface area contributed by atoms with Crippen molar-refractivity contribution in [2.75, 3.05) is 18.5 Å². The first-order valence-electron chi connectivity index (χ1n) is 5.78. The summed E-state index contributed by atoms with van der Waals surface area (Å²) < 4.78 is 9.88. The monoisotopic (exact) mass is 243 g/mol. The number of aromatic nitrogens is 2. The van der Waals surface area contributed by atoms with Gasteiger partial charge >= 0.3 is 0 Å². The van der Waals surface area contributed by atoms with Gasteiger partial charge in [0.25, 0.3) is 0 Å². The van der Waals surface area contributed by atoms with Gasteiger partial charge in [-0.05, 0) is 27.2 Å². The molecule has 92 valence electrons. The number of ether oxygens (including phenoxy) is 1. The van der Waals surface area contributed by atoms with E-state index < -0.39 is 0 Å². The molecule has 1 rings (SSSR count). The van der Waals surface area contributed by atoms with Crippen LogP contribution in [0.4, 0.5) is 5.13 Å². The standard InChI is InChI=1S/C11H21N3OS/c1-5-7-9-13-10(16-14-9)12-8-11(3,4)15-6-2/h5-8H2,1-4H3,(H,12,13,14). The van der Waals surface area contributed by atoms with Crippen LogP contribution < -0.4 is 5.32 Å². The molecule has 1 aromatic rings. The molecular weight excluding hydrogens is 222 g/mol. The van der Waals surface area contributed by atoms with Crippen molar-refractivity contribution in [2.45, 2.75) is 46.1 Å². The second-order valence-electron chi connectivity index (χ2n) is 4.31. The molecule has 0 aromatic carbocycles. The Balaban J connectivity index is 2.41. The summed E-state index contributed by atoms with van der Waals surface area (Å²) in [5.41, 5.74) is -0.161. The van der Waals surface area contributed by atoms with Crippen LogP contribution in [0.2, 0.25) is 0 Å². The largest absolute Gasteiger partial charge is 0.374 e. The Morgan fingerprint density at radius 3 is 2.75 bits per heavy atom. The van der Waals surface area contributed by atoms with Crippen molar-refractivity contribution in [2.24, 2.45) is 0 Å². The molecule has 0 saturated heterocycles. The van der Waals surface area contributed by atoms with E-state index >= 15 is 0 Å². The van der Waals surface area contributed by atoms with E-state index in [-0.39, 0.29) is 5.60 Å². The third-order valence-electron chi connectivity index (χ3n) is 2.14. The van der Waals surface area contributed by atoms with E-state index in [1.54, 1.807) is 0 Å². The summed E-state index contributed by atoms with van der Waals surface area (Å²) in [6, 6.07) is 0. The topological polar surface area (TPSA) is 47.0 Å². The predicted octanol–water partition coefficient (Wildman–Crippen LogP) is 2.72. The fourth-order valence-corrected chi connectivity index (χ4v) is 1.99. The summed E-state index contributed by atoms with van der Waals surface area (Å²) in [6.07, 6.45) is 2.04. The number of nitrogens with one attached hydrogen (secondary N) is 1. The molecule has 0 aliphatic rings. The molecule has 0 atom stereocenters. The highest BCUT2D eigenvalue weighted by Gasteiger charge is 2.17. The van der Waals surface area contributed by atoms with Crippen LogP contribution in [-0.4, -0.2) is 28.1 Å². The number of anilines is 1. The molecule has 16 heavy (non-hydrogen) atoms. The van der Waals surface area contributed by atoms with Crippen LogP contribution in [0.25, 0.3) is 0 Å². The van der Waals surface area contributed by atoms with Crippen LogP contribution in [0, 0.1) is 0 Å². The Kier molecular flexibility index (Phi) is 5.15. The molecule has 0 bridgehead atoms. The molecule has 0 aliphatic carbocycles. The van der Waals surface area contributed by atoms with Crippen LogP contribution in [0.5, 0.6) is 0 Å². The fourth-order valence-electron chi connectivity index (χ4n) is 1.38. The number of aryl methyl sites for hydroxylation is 1. The molecule has 1 aromatic heterocycles. The molecule has 1 N–H and O–H groups in total. The molecule has 0 spiro atoms. The molecule has 0 fully saturated rings. The van der Waals surface area contributed by atoms with Crippen LogP contribution in [-0.2, 0) is 11.2 Å². The summed E-state index contributed by atoms with van der Waals surface area (Å²) in [5.74, 6) is 0.934. The number of hydrogen-bond donors (Lipinski definition) is 1. The molecule has 1 heterocycles. The van der Waals surface area contributed by atoms with Gasteiger partial charge < -0.3 is 10.1 Å². The molecule has 0 saturated carbocycles. The average Bonchev–Trinajstić information content (AvgIpc) is 2.64. The maximum absolute atomic E-state index is 5.60. The Hall–Kier alpha value is -0.680. The Bertz CT molecular complexity index is 312. The third-order valence-corrected chi connectivity index (χ3v) is 2.85. The second-order valence-corrected chi connectivity index (χ2v) is 5.06. The van der Waals surface area contributed by atoms with Crippen molar-refractivity contribution in [1.29, 1.82) is 0 Å². The van der Waals surface area contributed by atoms with E-state index in [1.165, 1.54) is 11.5 Å². The first-order valence-corrected chi connectivity index (χ1v) is 6.55. The van der Waals surface area contributed by atoms with Gasteiger partial charge in [0, 0.05) is 31.1 Å². The number of hydrogen-bond acceptors (Lipinski definition) is 5.